The van der Waals surface area contributed by atoms with Crippen LogP contribution in [0.2, 0.25) is 0 Å². The minimum absolute atomic E-state index is 1.01. The second kappa shape index (κ2) is 5.02. The molecule has 0 aliphatic heterocycles. The van der Waals surface area contributed by atoms with Crippen molar-refractivity contribution in [3.05, 3.63) is 33.7 Å². The van der Waals surface area contributed by atoms with E-state index in [1.165, 1.54) is 47.1 Å². The topological polar surface area (TPSA) is 12.0 Å². The van der Waals surface area contributed by atoms with E-state index in [4.69, 9.17) is 0 Å². The Kier molecular flexibility index (Phi) is 3.40. The molecule has 0 spiro atoms. The smallest absolute Gasteiger partial charge is 0.0351 e. The summed E-state index contributed by atoms with van der Waals surface area (Å²) in [4.78, 5) is 1.54. The molecule has 2 heteroatoms. The zero-order valence-corrected chi connectivity index (χ0v) is 12.1. The van der Waals surface area contributed by atoms with Gasteiger partial charge in [-0.05, 0) is 66.9 Å². The van der Waals surface area contributed by atoms with Crippen LogP contribution in [-0.4, -0.2) is 7.05 Å². The monoisotopic (exact) mass is 259 g/mol. The van der Waals surface area contributed by atoms with Crippen LogP contribution >= 0.6 is 11.3 Å². The summed E-state index contributed by atoms with van der Waals surface area (Å²) in [6.45, 7) is 3.29. The quantitative estimate of drug-likeness (QED) is 0.873. The van der Waals surface area contributed by atoms with E-state index < -0.39 is 0 Å². The summed E-state index contributed by atoms with van der Waals surface area (Å²) in [5, 5.41) is 4.85. The van der Waals surface area contributed by atoms with Crippen LogP contribution in [0.15, 0.2) is 12.1 Å². The molecular weight excluding hydrogens is 238 g/mol. The summed E-state index contributed by atoms with van der Waals surface area (Å²) >= 11 is 1.99. The van der Waals surface area contributed by atoms with Crippen LogP contribution in [0, 0.1) is 0 Å². The van der Waals surface area contributed by atoms with Gasteiger partial charge in [-0.15, -0.1) is 11.3 Å². The SMILES string of the molecule is CCCc1c(CNC)sc2cc3c(cc12)CCC3. The lowest BCUT2D eigenvalue weighted by Gasteiger charge is -2.04. The Hall–Kier alpha value is -0.860. The van der Waals surface area contributed by atoms with Crippen LogP contribution in [0.1, 0.15) is 41.3 Å². The molecule has 0 bridgehead atoms. The van der Waals surface area contributed by atoms with Crippen LogP contribution < -0.4 is 5.32 Å². The van der Waals surface area contributed by atoms with Crippen LogP contribution in [0.25, 0.3) is 10.1 Å². The van der Waals surface area contributed by atoms with Crippen LogP contribution in [0.3, 0.4) is 0 Å². The molecular formula is C16H21NS. The lowest BCUT2D eigenvalue weighted by molar-refractivity contribution is 0.812. The van der Waals surface area contributed by atoms with Crippen molar-refractivity contribution in [1.29, 1.82) is 0 Å². The Morgan fingerprint density at radius 3 is 2.72 bits per heavy atom. The van der Waals surface area contributed by atoms with E-state index in [-0.39, 0.29) is 0 Å². The van der Waals surface area contributed by atoms with Gasteiger partial charge in [0.2, 0.25) is 0 Å². The molecule has 0 saturated heterocycles. The standard InChI is InChI=1S/C16H21NS/c1-3-5-13-14-8-11-6-4-7-12(11)9-15(14)18-16(13)10-17-2/h8-9,17H,3-7,10H2,1-2H3. The van der Waals surface area contributed by atoms with Crippen molar-refractivity contribution >= 4 is 21.4 Å². The van der Waals surface area contributed by atoms with Crippen LogP contribution in [0.5, 0.6) is 0 Å². The summed E-state index contributed by atoms with van der Waals surface area (Å²) in [5.41, 5.74) is 4.80. The lowest BCUT2D eigenvalue weighted by Crippen LogP contribution is -2.05. The average molecular weight is 259 g/mol. The largest absolute Gasteiger partial charge is 0.315 e. The zero-order valence-electron chi connectivity index (χ0n) is 11.3. The molecule has 1 N–H and O–H groups in total. The zero-order chi connectivity index (χ0) is 12.5. The van der Waals surface area contributed by atoms with E-state index in [9.17, 15) is 0 Å². The summed E-state index contributed by atoms with van der Waals surface area (Å²) in [6, 6.07) is 4.94. The Morgan fingerprint density at radius 1 is 1.22 bits per heavy atom. The van der Waals surface area contributed by atoms with Gasteiger partial charge in [0.15, 0.2) is 0 Å². The molecule has 0 atom stereocenters. The van der Waals surface area contributed by atoms with Gasteiger partial charge in [0.1, 0.15) is 0 Å². The van der Waals surface area contributed by atoms with Crippen molar-refractivity contribution < 1.29 is 0 Å². The number of hydrogen-bond donors (Lipinski definition) is 1. The van der Waals surface area contributed by atoms with Gasteiger partial charge in [0, 0.05) is 16.1 Å². The maximum atomic E-state index is 3.31. The number of benzene rings is 1. The number of hydrogen-bond acceptors (Lipinski definition) is 2. The molecule has 96 valence electrons. The molecule has 0 amide bonds. The Labute approximate surface area is 113 Å². The highest BCUT2D eigenvalue weighted by atomic mass is 32.1. The maximum absolute atomic E-state index is 3.31. The van der Waals surface area contributed by atoms with Gasteiger partial charge in [-0.3, -0.25) is 0 Å². The van der Waals surface area contributed by atoms with Crippen molar-refractivity contribution in [1.82, 2.24) is 5.32 Å². The normalized spacial score (nSPS) is 14.3. The number of fused-ring (bicyclic) bond motifs is 2. The van der Waals surface area contributed by atoms with Crippen molar-refractivity contribution in [2.24, 2.45) is 0 Å². The molecule has 1 aromatic carbocycles. The summed E-state index contributed by atoms with van der Waals surface area (Å²) in [5.74, 6) is 0. The molecule has 0 saturated carbocycles. The molecule has 18 heavy (non-hydrogen) atoms. The van der Waals surface area contributed by atoms with E-state index in [0.29, 0.717) is 0 Å². The molecule has 0 fully saturated rings. The molecule has 1 aromatic heterocycles. The van der Waals surface area contributed by atoms with Crippen molar-refractivity contribution in [3.8, 4) is 0 Å². The fraction of sp³-hybridized carbons (Fsp3) is 0.500. The number of rotatable bonds is 4. The van der Waals surface area contributed by atoms with E-state index in [1.54, 1.807) is 16.7 Å². The number of nitrogens with one attached hydrogen (secondary N) is 1. The minimum atomic E-state index is 1.01. The minimum Gasteiger partial charge on any atom is -0.315 e. The predicted octanol–water partition coefficient (Wildman–Crippen LogP) is 4.06. The van der Waals surface area contributed by atoms with E-state index in [2.05, 4.69) is 24.4 Å². The fourth-order valence-corrected chi connectivity index (χ4v) is 4.40. The van der Waals surface area contributed by atoms with Gasteiger partial charge in [-0.1, -0.05) is 13.3 Å². The highest BCUT2D eigenvalue weighted by Gasteiger charge is 2.16. The van der Waals surface area contributed by atoms with Crippen molar-refractivity contribution in [2.75, 3.05) is 7.05 Å². The Morgan fingerprint density at radius 2 is 2.00 bits per heavy atom. The molecule has 3 rings (SSSR count). The van der Waals surface area contributed by atoms with Gasteiger partial charge >= 0.3 is 0 Å². The molecule has 1 heterocycles. The van der Waals surface area contributed by atoms with Crippen LogP contribution in [-0.2, 0) is 25.8 Å². The lowest BCUT2D eigenvalue weighted by atomic mass is 10.0. The molecule has 2 aromatic rings. The summed E-state index contributed by atoms with van der Waals surface area (Å²) < 4.78 is 1.50. The third-order valence-electron chi connectivity index (χ3n) is 3.93. The highest BCUT2D eigenvalue weighted by molar-refractivity contribution is 7.19. The molecule has 0 unspecified atom stereocenters. The second-order valence-corrected chi connectivity index (χ2v) is 6.39. The van der Waals surface area contributed by atoms with E-state index in [1.807, 2.05) is 18.4 Å². The van der Waals surface area contributed by atoms with Gasteiger partial charge in [-0.25, -0.2) is 0 Å². The summed E-state index contributed by atoms with van der Waals surface area (Å²) in [6.07, 6.45) is 6.37. The van der Waals surface area contributed by atoms with Crippen molar-refractivity contribution in [3.63, 3.8) is 0 Å². The van der Waals surface area contributed by atoms with Crippen LogP contribution in [0.4, 0.5) is 0 Å². The molecule has 1 nitrogen and oxygen atoms in total. The predicted molar refractivity (Wildman–Crippen MR) is 80.6 cm³/mol. The third-order valence-corrected chi connectivity index (χ3v) is 5.12. The molecule has 1 aliphatic carbocycles. The first-order valence-corrected chi connectivity index (χ1v) is 7.85. The van der Waals surface area contributed by atoms with Crippen molar-refractivity contribution in [2.45, 2.75) is 45.6 Å². The van der Waals surface area contributed by atoms with E-state index in [0.717, 1.165) is 6.54 Å². The second-order valence-electron chi connectivity index (χ2n) is 5.25. The first-order valence-electron chi connectivity index (χ1n) is 7.04. The number of thiophene rings is 1. The van der Waals surface area contributed by atoms with Gasteiger partial charge in [0.05, 0.1) is 0 Å². The maximum Gasteiger partial charge on any atom is 0.0351 e. The first kappa shape index (κ1) is 12.2. The van der Waals surface area contributed by atoms with E-state index >= 15 is 0 Å². The highest BCUT2D eigenvalue weighted by Crippen LogP contribution is 2.36. The Bertz CT molecular complexity index is 568. The number of aryl methyl sites for hydroxylation is 3. The fourth-order valence-electron chi connectivity index (χ4n) is 3.09. The third kappa shape index (κ3) is 1.98. The first-order chi connectivity index (χ1) is 8.83. The average Bonchev–Trinajstić information content (AvgIpc) is 2.93. The Balaban J connectivity index is 2.16. The van der Waals surface area contributed by atoms with Gasteiger partial charge in [-0.2, -0.15) is 0 Å². The van der Waals surface area contributed by atoms with Gasteiger partial charge in [0.25, 0.3) is 0 Å². The van der Waals surface area contributed by atoms with Gasteiger partial charge < -0.3 is 5.32 Å². The summed E-state index contributed by atoms with van der Waals surface area (Å²) in [7, 11) is 2.04. The molecule has 0 radical (unpaired) electrons. The molecule has 1 aliphatic rings.